The van der Waals surface area contributed by atoms with E-state index in [0.29, 0.717) is 5.57 Å². The van der Waals surface area contributed by atoms with Gasteiger partial charge in [-0.25, -0.2) is 0 Å². The van der Waals surface area contributed by atoms with Crippen molar-refractivity contribution in [1.29, 1.82) is 0 Å². The van der Waals surface area contributed by atoms with Crippen LogP contribution < -0.4 is 0 Å². The summed E-state index contributed by atoms with van der Waals surface area (Å²) in [7, 11) is 0. The molecule has 2 nitrogen and oxygen atoms in total. The third kappa shape index (κ3) is 1.73. The van der Waals surface area contributed by atoms with Gasteiger partial charge in [0.15, 0.2) is 11.6 Å². The van der Waals surface area contributed by atoms with Gasteiger partial charge in [-0.15, -0.1) is 0 Å². The summed E-state index contributed by atoms with van der Waals surface area (Å²) in [4.78, 5) is 24.0. The highest BCUT2D eigenvalue weighted by molar-refractivity contribution is 6.18. The summed E-state index contributed by atoms with van der Waals surface area (Å²) >= 11 is 0. The molecule has 0 amide bonds. The zero-order chi connectivity index (χ0) is 15.4. The Morgan fingerprint density at radius 1 is 0.955 bits per heavy atom. The van der Waals surface area contributed by atoms with E-state index in [1.54, 1.807) is 0 Å². The zero-order valence-corrected chi connectivity index (χ0v) is 12.6. The van der Waals surface area contributed by atoms with E-state index in [1.165, 1.54) is 51.3 Å². The summed E-state index contributed by atoms with van der Waals surface area (Å²) < 4.78 is 0. The molecule has 2 aliphatic carbocycles. The summed E-state index contributed by atoms with van der Waals surface area (Å²) in [5.74, 6) is -0.125. The lowest BCUT2D eigenvalue weighted by Crippen LogP contribution is -2.15. The van der Waals surface area contributed by atoms with Crippen molar-refractivity contribution in [2.24, 2.45) is 0 Å². The van der Waals surface area contributed by atoms with E-state index >= 15 is 0 Å². The Hall–Kier alpha value is -2.48. The minimum Gasteiger partial charge on any atom is -0.290 e. The lowest BCUT2D eigenvalue weighted by Gasteiger charge is -2.17. The first-order valence-corrected chi connectivity index (χ1v) is 7.56. The van der Waals surface area contributed by atoms with Crippen molar-refractivity contribution in [2.75, 3.05) is 0 Å². The van der Waals surface area contributed by atoms with Crippen LogP contribution in [0.3, 0.4) is 0 Å². The van der Waals surface area contributed by atoms with Crippen molar-refractivity contribution in [3.05, 3.63) is 70.3 Å². The molecule has 2 aromatic carbocycles. The fraction of sp³-hybridized carbons (Fsp3) is 0.200. The number of carbonyl (C=O) groups excluding carboxylic acids is 2. The number of benzene rings is 2. The normalized spacial score (nSPS) is 19.9. The molecule has 2 aliphatic rings. The minimum absolute atomic E-state index is 0.00111. The number of rotatable bonds is 1. The molecule has 108 valence electrons. The van der Waals surface area contributed by atoms with Gasteiger partial charge in [0, 0.05) is 11.5 Å². The lowest BCUT2D eigenvalue weighted by atomic mass is 9.84. The summed E-state index contributed by atoms with van der Waals surface area (Å²) in [5, 5.41) is 2.50. The molecule has 4 rings (SSSR count). The monoisotopic (exact) mass is 288 g/mol. The van der Waals surface area contributed by atoms with Gasteiger partial charge in [0.25, 0.3) is 0 Å². The van der Waals surface area contributed by atoms with Crippen LogP contribution in [-0.2, 0) is 16.0 Å². The molecule has 0 heterocycles. The van der Waals surface area contributed by atoms with E-state index in [9.17, 15) is 9.59 Å². The zero-order valence-electron chi connectivity index (χ0n) is 12.6. The van der Waals surface area contributed by atoms with Gasteiger partial charge < -0.3 is 0 Å². The Morgan fingerprint density at radius 2 is 1.68 bits per heavy atom. The highest BCUT2D eigenvalue weighted by Gasteiger charge is 2.33. The van der Waals surface area contributed by atoms with Crippen molar-refractivity contribution in [3.63, 3.8) is 0 Å². The van der Waals surface area contributed by atoms with Crippen molar-refractivity contribution >= 4 is 22.3 Å². The summed E-state index contributed by atoms with van der Waals surface area (Å²) in [6.45, 7) is 4.20. The van der Waals surface area contributed by atoms with Crippen LogP contribution in [0, 0.1) is 13.8 Å². The second-order valence-corrected chi connectivity index (χ2v) is 6.21. The molecule has 0 bridgehead atoms. The Balaban J connectivity index is 1.98. The molecule has 0 N–H and O–H groups in total. The molecule has 0 radical (unpaired) electrons. The largest absolute Gasteiger partial charge is 0.290 e. The van der Waals surface area contributed by atoms with Crippen LogP contribution in [0.2, 0.25) is 0 Å². The van der Waals surface area contributed by atoms with Crippen LogP contribution in [0.5, 0.6) is 0 Å². The standard InChI is InChI=1S/C20H16O2/c1-11-3-5-13-6-4-12(2)19-17(10-15(11)20(13)19)16-9-14(21)7-8-18(16)22/h3-9,17H,10H2,1-2H3. The number of allylic oxidation sites excluding steroid dienone is 4. The average molecular weight is 288 g/mol. The highest BCUT2D eigenvalue weighted by Crippen LogP contribution is 2.45. The predicted molar refractivity (Wildman–Crippen MR) is 87.1 cm³/mol. The van der Waals surface area contributed by atoms with Crippen molar-refractivity contribution in [1.82, 2.24) is 0 Å². The molecule has 2 aromatic rings. The predicted octanol–water partition coefficient (Wildman–Crippen LogP) is 3.73. The fourth-order valence-electron chi connectivity index (χ4n) is 3.81. The maximum atomic E-state index is 12.3. The van der Waals surface area contributed by atoms with Crippen molar-refractivity contribution in [2.45, 2.75) is 26.2 Å². The van der Waals surface area contributed by atoms with Crippen LogP contribution >= 0.6 is 0 Å². The molecule has 0 fully saturated rings. The first-order chi connectivity index (χ1) is 10.6. The maximum Gasteiger partial charge on any atom is 0.182 e. The Kier molecular flexibility index (Phi) is 2.70. The molecular weight excluding hydrogens is 272 g/mol. The maximum absolute atomic E-state index is 12.3. The molecule has 1 unspecified atom stereocenters. The topological polar surface area (TPSA) is 34.1 Å². The van der Waals surface area contributed by atoms with E-state index in [0.717, 1.165) is 6.42 Å². The van der Waals surface area contributed by atoms with Gasteiger partial charge in [-0.2, -0.15) is 0 Å². The van der Waals surface area contributed by atoms with Gasteiger partial charge in [0.2, 0.25) is 0 Å². The van der Waals surface area contributed by atoms with Crippen LogP contribution in [0.25, 0.3) is 10.8 Å². The van der Waals surface area contributed by atoms with E-state index in [2.05, 4.69) is 38.1 Å². The summed E-state index contributed by atoms with van der Waals surface area (Å²) in [5.41, 5.74) is 5.62. The minimum atomic E-state index is -0.0906. The molecule has 0 spiro atoms. The SMILES string of the molecule is Cc1ccc2ccc(C)c3c2c1CC3C1=CC(=O)C=CC1=O. The van der Waals surface area contributed by atoms with Crippen molar-refractivity contribution < 1.29 is 9.59 Å². The number of ketones is 2. The molecule has 0 aromatic heterocycles. The Labute approximate surface area is 129 Å². The second-order valence-electron chi connectivity index (χ2n) is 6.21. The molecule has 22 heavy (non-hydrogen) atoms. The second kappa shape index (κ2) is 4.51. The van der Waals surface area contributed by atoms with Gasteiger partial charge in [0.05, 0.1) is 0 Å². The third-order valence-electron chi connectivity index (χ3n) is 4.90. The first kappa shape index (κ1) is 13.2. The quantitative estimate of drug-likeness (QED) is 0.749. The summed E-state index contributed by atoms with van der Waals surface area (Å²) in [6.07, 6.45) is 5.09. The third-order valence-corrected chi connectivity index (χ3v) is 4.90. The first-order valence-electron chi connectivity index (χ1n) is 7.56. The van der Waals surface area contributed by atoms with E-state index in [1.807, 2.05) is 0 Å². The van der Waals surface area contributed by atoms with Gasteiger partial charge in [-0.05, 0) is 71.5 Å². The van der Waals surface area contributed by atoms with E-state index in [-0.39, 0.29) is 17.5 Å². The van der Waals surface area contributed by atoms with E-state index in [4.69, 9.17) is 0 Å². The van der Waals surface area contributed by atoms with Crippen molar-refractivity contribution in [3.8, 4) is 0 Å². The number of carbonyl (C=O) groups is 2. The van der Waals surface area contributed by atoms with Gasteiger partial charge >= 0.3 is 0 Å². The van der Waals surface area contributed by atoms with Gasteiger partial charge in [-0.1, -0.05) is 24.3 Å². The molecule has 1 atom stereocenters. The summed E-state index contributed by atoms with van der Waals surface area (Å²) in [6, 6.07) is 8.53. The number of aryl methyl sites for hydroxylation is 2. The molecule has 0 saturated heterocycles. The Morgan fingerprint density at radius 3 is 2.45 bits per heavy atom. The molecule has 2 heteroatoms. The number of hydrogen-bond donors (Lipinski definition) is 0. The fourth-order valence-corrected chi connectivity index (χ4v) is 3.81. The Bertz CT molecular complexity index is 908. The van der Waals surface area contributed by atoms with Crippen LogP contribution in [0.15, 0.2) is 48.1 Å². The van der Waals surface area contributed by atoms with Crippen LogP contribution in [0.1, 0.15) is 28.2 Å². The van der Waals surface area contributed by atoms with Gasteiger partial charge in [-0.3, -0.25) is 9.59 Å². The highest BCUT2D eigenvalue weighted by atomic mass is 16.1. The van der Waals surface area contributed by atoms with Crippen LogP contribution in [-0.4, -0.2) is 11.6 Å². The van der Waals surface area contributed by atoms with Crippen LogP contribution in [0.4, 0.5) is 0 Å². The number of hydrogen-bond acceptors (Lipinski definition) is 2. The lowest BCUT2D eigenvalue weighted by molar-refractivity contribution is -0.114. The smallest absolute Gasteiger partial charge is 0.182 e. The van der Waals surface area contributed by atoms with Gasteiger partial charge in [0.1, 0.15) is 0 Å². The molecule has 0 aliphatic heterocycles. The average Bonchev–Trinajstić information content (AvgIpc) is 2.90. The van der Waals surface area contributed by atoms with E-state index < -0.39 is 0 Å². The molecular formula is C20H16O2. The molecule has 0 saturated carbocycles.